The van der Waals surface area contributed by atoms with Crippen LogP contribution in [0.2, 0.25) is 0 Å². The normalized spacial score (nSPS) is 11.8. The van der Waals surface area contributed by atoms with Crippen molar-refractivity contribution in [2.45, 2.75) is 31.2 Å². The van der Waals surface area contributed by atoms with Gasteiger partial charge < -0.3 is 16.0 Å². The Balaban J connectivity index is 2.33. The van der Waals surface area contributed by atoms with Crippen LogP contribution in [0.4, 0.5) is 5.13 Å². The van der Waals surface area contributed by atoms with Crippen molar-refractivity contribution in [2.75, 3.05) is 24.2 Å². The number of nitrogens with one attached hydrogen (secondary N) is 3. The lowest BCUT2D eigenvalue weighted by Gasteiger charge is -2.12. The number of aromatic nitrogens is 2. The average Bonchev–Trinajstić information content (AvgIpc) is 2.85. The summed E-state index contributed by atoms with van der Waals surface area (Å²) in [6, 6.07) is -0.533. The van der Waals surface area contributed by atoms with Crippen LogP contribution < -0.4 is 16.0 Å². The molecule has 0 aromatic carbocycles. The van der Waals surface area contributed by atoms with Crippen molar-refractivity contribution in [1.29, 1.82) is 0 Å². The van der Waals surface area contributed by atoms with Crippen LogP contribution in [0.5, 0.6) is 0 Å². The molecule has 0 unspecified atom stereocenters. The molecule has 0 bridgehead atoms. The molecule has 1 rings (SSSR count). The molecule has 3 N–H and O–H groups in total. The number of hydrogen-bond donors (Lipinski definition) is 3. The molecule has 7 nitrogen and oxygen atoms in total. The van der Waals surface area contributed by atoms with Gasteiger partial charge in [0.1, 0.15) is 6.04 Å². The second kappa shape index (κ2) is 8.75. The molecule has 0 aliphatic heterocycles. The number of anilines is 1. The quantitative estimate of drug-likeness (QED) is 0.611. The summed E-state index contributed by atoms with van der Waals surface area (Å²) in [4.78, 5) is 23.2. The van der Waals surface area contributed by atoms with Gasteiger partial charge in [0.25, 0.3) is 0 Å². The van der Waals surface area contributed by atoms with Gasteiger partial charge in [-0.2, -0.15) is 0 Å². The first kappa shape index (κ1) is 16.7. The highest BCUT2D eigenvalue weighted by atomic mass is 32.2. The fraction of sp³-hybridized carbons (Fsp3) is 0.636. The van der Waals surface area contributed by atoms with Gasteiger partial charge in [-0.3, -0.25) is 9.59 Å². The molecule has 112 valence electrons. The lowest BCUT2D eigenvalue weighted by molar-refractivity contribution is -0.127. The van der Waals surface area contributed by atoms with E-state index >= 15 is 0 Å². The van der Waals surface area contributed by atoms with Gasteiger partial charge in [0, 0.05) is 13.1 Å². The van der Waals surface area contributed by atoms with Crippen molar-refractivity contribution in [3.05, 3.63) is 0 Å². The molecule has 1 aromatic heterocycles. The number of rotatable bonds is 8. The number of amides is 2. The highest BCUT2D eigenvalue weighted by Gasteiger charge is 2.15. The minimum atomic E-state index is -0.533. The van der Waals surface area contributed by atoms with Crippen molar-refractivity contribution in [3.63, 3.8) is 0 Å². The molecule has 0 fully saturated rings. The minimum absolute atomic E-state index is 0.184. The summed E-state index contributed by atoms with van der Waals surface area (Å²) in [5, 5.41) is 17.0. The van der Waals surface area contributed by atoms with E-state index in [4.69, 9.17) is 0 Å². The average molecular weight is 317 g/mol. The molecule has 1 aromatic rings. The molecule has 0 radical (unpaired) electrons. The Bertz CT molecular complexity index is 452. The Kier molecular flexibility index (Phi) is 7.31. The molecule has 0 saturated carbocycles. The van der Waals surface area contributed by atoms with Gasteiger partial charge in [-0.05, 0) is 20.8 Å². The standard InChI is InChI=1S/C11H19N5O2S2/c1-4-12-9(18)7(3)14-8(17)6-19-11-16-15-10(20-11)13-5-2/h7H,4-6H2,1-3H3,(H,12,18)(H,13,15)(H,14,17)/t7-/m0/s1. The number of likely N-dealkylation sites (N-methyl/N-ethyl adjacent to an activating group) is 1. The van der Waals surface area contributed by atoms with E-state index in [2.05, 4.69) is 26.1 Å². The Hall–Kier alpha value is -1.35. The molecular formula is C11H19N5O2S2. The van der Waals surface area contributed by atoms with Crippen LogP contribution in [0.25, 0.3) is 0 Å². The van der Waals surface area contributed by atoms with Crippen molar-refractivity contribution in [2.24, 2.45) is 0 Å². The summed E-state index contributed by atoms with van der Waals surface area (Å²) in [5.74, 6) is -0.171. The highest BCUT2D eigenvalue weighted by Crippen LogP contribution is 2.24. The summed E-state index contributed by atoms with van der Waals surface area (Å²) in [7, 11) is 0. The number of carbonyl (C=O) groups excluding carboxylic acids is 2. The van der Waals surface area contributed by atoms with Crippen molar-refractivity contribution in [1.82, 2.24) is 20.8 Å². The van der Waals surface area contributed by atoms with E-state index < -0.39 is 6.04 Å². The van der Waals surface area contributed by atoms with Crippen LogP contribution in [0.15, 0.2) is 4.34 Å². The first-order valence-corrected chi connectivity index (χ1v) is 8.14. The van der Waals surface area contributed by atoms with Crippen molar-refractivity contribution < 1.29 is 9.59 Å². The second-order valence-electron chi connectivity index (χ2n) is 3.88. The second-order valence-corrected chi connectivity index (χ2v) is 6.08. The van der Waals surface area contributed by atoms with Crippen LogP contribution in [0.1, 0.15) is 20.8 Å². The van der Waals surface area contributed by atoms with E-state index in [1.807, 2.05) is 13.8 Å². The predicted molar refractivity (Wildman–Crippen MR) is 81.1 cm³/mol. The summed E-state index contributed by atoms with van der Waals surface area (Å²) in [5.41, 5.74) is 0. The summed E-state index contributed by atoms with van der Waals surface area (Å²) in [6.45, 7) is 6.79. The predicted octanol–water partition coefficient (Wildman–Crippen LogP) is 0.703. The molecule has 9 heteroatoms. The monoisotopic (exact) mass is 317 g/mol. The van der Waals surface area contributed by atoms with E-state index in [9.17, 15) is 9.59 Å². The van der Waals surface area contributed by atoms with Crippen LogP contribution in [0, 0.1) is 0 Å². The number of carbonyl (C=O) groups is 2. The van der Waals surface area contributed by atoms with Crippen molar-refractivity contribution in [3.8, 4) is 0 Å². The maximum absolute atomic E-state index is 11.7. The van der Waals surface area contributed by atoms with Gasteiger partial charge in [0.05, 0.1) is 5.75 Å². The fourth-order valence-corrected chi connectivity index (χ4v) is 2.93. The highest BCUT2D eigenvalue weighted by molar-refractivity contribution is 8.01. The Morgan fingerprint density at radius 1 is 1.30 bits per heavy atom. The third-order valence-corrected chi connectivity index (χ3v) is 4.20. The Morgan fingerprint density at radius 2 is 2.05 bits per heavy atom. The van der Waals surface area contributed by atoms with E-state index in [-0.39, 0.29) is 17.6 Å². The number of thioether (sulfide) groups is 1. The Labute approximate surface area is 126 Å². The van der Waals surface area contributed by atoms with Crippen LogP contribution in [0.3, 0.4) is 0 Å². The molecule has 1 heterocycles. The lowest BCUT2D eigenvalue weighted by Crippen LogP contribution is -2.45. The number of hydrogen-bond acceptors (Lipinski definition) is 7. The Morgan fingerprint density at radius 3 is 2.70 bits per heavy atom. The number of nitrogens with zero attached hydrogens (tertiary/aromatic N) is 2. The van der Waals surface area contributed by atoms with Crippen molar-refractivity contribution >= 4 is 40.0 Å². The van der Waals surface area contributed by atoms with Gasteiger partial charge in [0.15, 0.2) is 4.34 Å². The van der Waals surface area contributed by atoms with Crippen LogP contribution in [-0.2, 0) is 9.59 Å². The molecule has 0 aliphatic carbocycles. The third-order valence-electron chi connectivity index (χ3n) is 2.18. The van der Waals surface area contributed by atoms with Gasteiger partial charge in [-0.25, -0.2) is 0 Å². The zero-order chi connectivity index (χ0) is 15.0. The third kappa shape index (κ3) is 5.74. The van der Waals surface area contributed by atoms with Crippen LogP contribution in [-0.4, -0.2) is 46.9 Å². The summed E-state index contributed by atoms with van der Waals surface area (Å²) >= 11 is 2.71. The topological polar surface area (TPSA) is 96.0 Å². The zero-order valence-corrected chi connectivity index (χ0v) is 13.4. The molecule has 0 spiro atoms. The molecule has 2 amide bonds. The fourth-order valence-electron chi connectivity index (χ4n) is 1.29. The summed E-state index contributed by atoms with van der Waals surface area (Å²) in [6.07, 6.45) is 0. The molecular weight excluding hydrogens is 298 g/mol. The van der Waals surface area contributed by atoms with Gasteiger partial charge in [-0.1, -0.05) is 23.1 Å². The van der Waals surface area contributed by atoms with E-state index in [1.54, 1.807) is 6.92 Å². The largest absolute Gasteiger partial charge is 0.360 e. The SMILES string of the molecule is CCNC(=O)[C@H](C)NC(=O)CSc1nnc(NCC)s1. The van der Waals surface area contributed by atoms with Gasteiger partial charge >= 0.3 is 0 Å². The van der Waals surface area contributed by atoms with E-state index in [1.165, 1.54) is 23.1 Å². The first-order valence-electron chi connectivity index (χ1n) is 6.34. The maximum atomic E-state index is 11.7. The zero-order valence-electron chi connectivity index (χ0n) is 11.7. The molecule has 20 heavy (non-hydrogen) atoms. The molecule has 1 atom stereocenters. The van der Waals surface area contributed by atoms with E-state index in [0.717, 1.165) is 16.0 Å². The van der Waals surface area contributed by atoms with Gasteiger partial charge in [0.2, 0.25) is 16.9 Å². The molecule has 0 saturated heterocycles. The molecule has 0 aliphatic rings. The van der Waals surface area contributed by atoms with Gasteiger partial charge in [-0.15, -0.1) is 10.2 Å². The van der Waals surface area contributed by atoms with E-state index in [0.29, 0.717) is 6.54 Å². The lowest BCUT2D eigenvalue weighted by atomic mass is 10.3. The maximum Gasteiger partial charge on any atom is 0.242 e. The minimum Gasteiger partial charge on any atom is -0.360 e. The smallest absolute Gasteiger partial charge is 0.242 e. The van der Waals surface area contributed by atoms with Crippen LogP contribution >= 0.6 is 23.1 Å². The summed E-state index contributed by atoms with van der Waals surface area (Å²) < 4.78 is 0.724. The first-order chi connectivity index (χ1) is 9.56.